The van der Waals surface area contributed by atoms with Crippen molar-refractivity contribution in [3.05, 3.63) is 48.5 Å². The summed E-state index contributed by atoms with van der Waals surface area (Å²) in [6.45, 7) is 6.26. The first-order chi connectivity index (χ1) is 12.2. The lowest BCUT2D eigenvalue weighted by molar-refractivity contribution is -0.116. The van der Waals surface area contributed by atoms with Crippen molar-refractivity contribution in [1.29, 1.82) is 0 Å². The third-order valence-corrected chi connectivity index (χ3v) is 5.05. The van der Waals surface area contributed by atoms with Gasteiger partial charge in [0.2, 0.25) is 5.91 Å². The number of rotatable bonds is 7. The number of nitrogens with one attached hydrogen (secondary N) is 1. The van der Waals surface area contributed by atoms with Crippen molar-refractivity contribution in [2.75, 3.05) is 18.4 Å². The minimum absolute atomic E-state index is 0.124. The highest BCUT2D eigenvalue weighted by atomic mass is 16.1. The molecular formula is C20H28N4O. The molecule has 0 radical (unpaired) electrons. The first-order valence-corrected chi connectivity index (χ1v) is 9.32. The van der Waals surface area contributed by atoms with Gasteiger partial charge in [-0.1, -0.05) is 18.2 Å². The second-order valence-electron chi connectivity index (χ2n) is 6.80. The summed E-state index contributed by atoms with van der Waals surface area (Å²) < 4.78 is 2.21. The molecule has 25 heavy (non-hydrogen) atoms. The Balaban J connectivity index is 1.37. The molecule has 1 aliphatic heterocycles. The van der Waals surface area contributed by atoms with Crippen molar-refractivity contribution in [1.82, 2.24) is 14.5 Å². The van der Waals surface area contributed by atoms with Crippen LogP contribution in [-0.2, 0) is 17.9 Å². The highest BCUT2D eigenvalue weighted by Gasteiger charge is 2.21. The van der Waals surface area contributed by atoms with E-state index in [4.69, 9.17) is 0 Å². The second-order valence-corrected chi connectivity index (χ2v) is 6.80. The molecule has 5 nitrogen and oxygen atoms in total. The Hall–Kier alpha value is -2.14. The van der Waals surface area contributed by atoms with Crippen LogP contribution >= 0.6 is 0 Å². The average Bonchev–Trinajstić information content (AvgIpc) is 3.09. The van der Waals surface area contributed by atoms with Crippen LogP contribution in [0.15, 0.2) is 42.7 Å². The summed E-state index contributed by atoms with van der Waals surface area (Å²) in [7, 11) is 0. The van der Waals surface area contributed by atoms with Crippen LogP contribution in [0.5, 0.6) is 0 Å². The number of carbonyl (C=O) groups is 1. The standard InChI is InChI=1S/C20H28N4O/c1-2-24-15-12-21-19(24)16-23-13-10-17(11-14-23)8-9-20(25)22-18-6-4-3-5-7-18/h3-7,12,15,17H,2,8-11,13-14,16H2,1H3,(H,22,25). The van der Waals surface area contributed by atoms with Gasteiger partial charge in [-0.3, -0.25) is 9.69 Å². The normalized spacial score (nSPS) is 16.0. The van der Waals surface area contributed by atoms with Crippen molar-refractivity contribution in [2.24, 2.45) is 5.92 Å². The zero-order valence-electron chi connectivity index (χ0n) is 15.0. The summed E-state index contributed by atoms with van der Waals surface area (Å²) in [4.78, 5) is 19.0. The molecular weight excluding hydrogens is 312 g/mol. The Morgan fingerprint density at radius 1 is 1.24 bits per heavy atom. The predicted molar refractivity (Wildman–Crippen MR) is 100 cm³/mol. The summed E-state index contributed by atoms with van der Waals surface area (Å²) in [6.07, 6.45) is 7.87. The number of hydrogen-bond acceptors (Lipinski definition) is 3. The van der Waals surface area contributed by atoms with E-state index >= 15 is 0 Å². The molecule has 1 fully saturated rings. The lowest BCUT2D eigenvalue weighted by Gasteiger charge is -2.31. The molecule has 2 heterocycles. The van der Waals surface area contributed by atoms with Crippen LogP contribution in [0.3, 0.4) is 0 Å². The van der Waals surface area contributed by atoms with Crippen molar-refractivity contribution in [3.8, 4) is 0 Å². The minimum atomic E-state index is 0.124. The topological polar surface area (TPSA) is 50.2 Å². The monoisotopic (exact) mass is 340 g/mol. The summed E-state index contributed by atoms with van der Waals surface area (Å²) in [6, 6.07) is 9.69. The molecule has 0 spiro atoms. The van der Waals surface area contributed by atoms with E-state index in [0.29, 0.717) is 12.3 Å². The maximum Gasteiger partial charge on any atom is 0.224 e. The number of amides is 1. The molecule has 0 atom stereocenters. The molecule has 1 aromatic heterocycles. The first kappa shape index (κ1) is 17.7. The molecule has 3 rings (SSSR count). The van der Waals surface area contributed by atoms with Gasteiger partial charge in [0.05, 0.1) is 6.54 Å². The van der Waals surface area contributed by atoms with Crippen LogP contribution in [0.25, 0.3) is 0 Å². The Kier molecular flexibility index (Phi) is 6.23. The van der Waals surface area contributed by atoms with Crippen molar-refractivity contribution in [2.45, 2.75) is 45.7 Å². The van der Waals surface area contributed by atoms with E-state index in [2.05, 4.69) is 26.7 Å². The van der Waals surface area contributed by atoms with Gasteiger partial charge >= 0.3 is 0 Å². The number of imidazole rings is 1. The van der Waals surface area contributed by atoms with Crippen LogP contribution in [0, 0.1) is 5.92 Å². The molecule has 0 aliphatic carbocycles. The number of aromatic nitrogens is 2. The van der Waals surface area contributed by atoms with E-state index < -0.39 is 0 Å². The molecule has 1 amide bonds. The molecule has 1 saturated heterocycles. The van der Waals surface area contributed by atoms with Gasteiger partial charge < -0.3 is 9.88 Å². The van der Waals surface area contributed by atoms with Crippen molar-refractivity contribution in [3.63, 3.8) is 0 Å². The van der Waals surface area contributed by atoms with Gasteiger partial charge in [-0.15, -0.1) is 0 Å². The number of para-hydroxylation sites is 1. The van der Waals surface area contributed by atoms with E-state index in [1.165, 1.54) is 12.8 Å². The zero-order valence-corrected chi connectivity index (χ0v) is 15.0. The Morgan fingerprint density at radius 2 is 2.00 bits per heavy atom. The summed E-state index contributed by atoms with van der Waals surface area (Å²) in [5.41, 5.74) is 0.883. The van der Waals surface area contributed by atoms with Crippen LogP contribution in [0.2, 0.25) is 0 Å². The minimum Gasteiger partial charge on any atom is -0.334 e. The number of anilines is 1. The molecule has 0 bridgehead atoms. The van der Waals surface area contributed by atoms with Gasteiger partial charge in [-0.25, -0.2) is 4.98 Å². The maximum atomic E-state index is 12.1. The molecule has 5 heteroatoms. The molecule has 0 saturated carbocycles. The Morgan fingerprint density at radius 3 is 2.72 bits per heavy atom. The van der Waals surface area contributed by atoms with E-state index in [1.54, 1.807) is 0 Å². The smallest absolute Gasteiger partial charge is 0.224 e. The lowest BCUT2D eigenvalue weighted by Crippen LogP contribution is -2.34. The summed E-state index contributed by atoms with van der Waals surface area (Å²) in [5.74, 6) is 1.94. The Bertz CT molecular complexity index is 659. The van der Waals surface area contributed by atoms with Gasteiger partial charge in [0.25, 0.3) is 0 Å². The maximum absolute atomic E-state index is 12.1. The zero-order chi connectivity index (χ0) is 17.5. The number of aryl methyl sites for hydroxylation is 1. The van der Waals surface area contributed by atoms with Gasteiger partial charge in [0, 0.05) is 31.0 Å². The second kappa shape index (κ2) is 8.81. The highest BCUT2D eigenvalue weighted by molar-refractivity contribution is 5.90. The highest BCUT2D eigenvalue weighted by Crippen LogP contribution is 2.23. The number of piperidine rings is 1. The van der Waals surface area contributed by atoms with Crippen LogP contribution in [0.1, 0.15) is 38.4 Å². The van der Waals surface area contributed by atoms with Gasteiger partial charge in [-0.05, 0) is 57.3 Å². The Labute approximate surface area is 150 Å². The van der Waals surface area contributed by atoms with E-state index in [1.807, 2.05) is 42.7 Å². The first-order valence-electron chi connectivity index (χ1n) is 9.32. The van der Waals surface area contributed by atoms with Crippen LogP contribution < -0.4 is 5.32 Å². The SMILES string of the molecule is CCn1ccnc1CN1CCC(CCC(=O)Nc2ccccc2)CC1. The van der Waals surface area contributed by atoms with E-state index in [9.17, 15) is 4.79 Å². The van der Waals surface area contributed by atoms with E-state index in [-0.39, 0.29) is 5.91 Å². The average molecular weight is 340 g/mol. The van der Waals surface area contributed by atoms with Crippen LogP contribution in [0.4, 0.5) is 5.69 Å². The number of nitrogens with zero attached hydrogens (tertiary/aromatic N) is 3. The van der Waals surface area contributed by atoms with Gasteiger partial charge in [0.15, 0.2) is 0 Å². The van der Waals surface area contributed by atoms with Crippen molar-refractivity contribution >= 4 is 11.6 Å². The molecule has 2 aromatic rings. The van der Waals surface area contributed by atoms with Gasteiger partial charge in [0.1, 0.15) is 5.82 Å². The fourth-order valence-electron chi connectivity index (χ4n) is 3.49. The fraction of sp³-hybridized carbons (Fsp3) is 0.500. The number of hydrogen-bond donors (Lipinski definition) is 1. The molecule has 1 N–H and O–H groups in total. The van der Waals surface area contributed by atoms with Gasteiger partial charge in [-0.2, -0.15) is 0 Å². The molecule has 134 valence electrons. The third-order valence-electron chi connectivity index (χ3n) is 5.05. The van der Waals surface area contributed by atoms with E-state index in [0.717, 1.165) is 44.1 Å². The number of carbonyl (C=O) groups excluding carboxylic acids is 1. The molecule has 1 aliphatic rings. The predicted octanol–water partition coefficient (Wildman–Crippen LogP) is 3.53. The largest absolute Gasteiger partial charge is 0.334 e. The number of likely N-dealkylation sites (tertiary alicyclic amines) is 1. The summed E-state index contributed by atoms with van der Waals surface area (Å²) in [5, 5.41) is 2.97. The van der Waals surface area contributed by atoms with Crippen LogP contribution in [-0.4, -0.2) is 33.4 Å². The fourth-order valence-corrected chi connectivity index (χ4v) is 3.49. The molecule has 1 aromatic carbocycles. The summed E-state index contributed by atoms with van der Waals surface area (Å²) >= 11 is 0. The molecule has 0 unspecified atom stereocenters. The lowest BCUT2D eigenvalue weighted by atomic mass is 9.92. The number of benzene rings is 1. The third kappa shape index (κ3) is 5.16. The quantitative estimate of drug-likeness (QED) is 0.839. The van der Waals surface area contributed by atoms with Crippen molar-refractivity contribution < 1.29 is 4.79 Å².